The number of aryl methyl sites for hydroxylation is 1. The molecule has 0 bridgehead atoms. The van der Waals surface area contributed by atoms with E-state index in [9.17, 15) is 14.0 Å². The number of carbonyl (C=O) groups is 2. The highest BCUT2D eigenvalue weighted by Crippen LogP contribution is 2.21. The van der Waals surface area contributed by atoms with Gasteiger partial charge in [0, 0.05) is 22.4 Å². The van der Waals surface area contributed by atoms with Gasteiger partial charge in [-0.3, -0.25) is 14.9 Å². The van der Waals surface area contributed by atoms with Gasteiger partial charge in [0.1, 0.15) is 5.82 Å². The van der Waals surface area contributed by atoms with Crippen molar-refractivity contribution in [3.63, 3.8) is 0 Å². The van der Waals surface area contributed by atoms with Crippen LogP contribution in [0.15, 0.2) is 53.9 Å². The van der Waals surface area contributed by atoms with Crippen molar-refractivity contribution in [2.45, 2.75) is 12.7 Å². The molecule has 0 saturated heterocycles. The van der Waals surface area contributed by atoms with E-state index in [-0.39, 0.29) is 23.4 Å². The summed E-state index contributed by atoms with van der Waals surface area (Å²) in [4.78, 5) is 28.6. The molecule has 2 N–H and O–H groups in total. The summed E-state index contributed by atoms with van der Waals surface area (Å²) in [5, 5.41) is 7.90. The first-order valence-electron chi connectivity index (χ1n) is 8.46. The van der Waals surface area contributed by atoms with Crippen LogP contribution in [0, 0.1) is 12.7 Å². The van der Waals surface area contributed by atoms with Crippen molar-refractivity contribution in [1.29, 1.82) is 0 Å². The van der Waals surface area contributed by atoms with E-state index >= 15 is 0 Å². The lowest BCUT2D eigenvalue weighted by Gasteiger charge is -2.05. The number of thiazole rings is 1. The highest BCUT2D eigenvalue weighted by Gasteiger charge is 2.11. The molecule has 0 aliphatic rings. The average molecular weight is 416 g/mol. The predicted molar refractivity (Wildman–Crippen MR) is 112 cm³/mol. The molecular formula is C20H18FN3O2S2. The zero-order valence-corrected chi connectivity index (χ0v) is 16.7. The number of nitrogens with zero attached hydrogens (tertiary/aromatic N) is 1. The molecule has 3 aromatic rings. The molecule has 0 saturated carbocycles. The van der Waals surface area contributed by atoms with Gasteiger partial charge in [0.15, 0.2) is 5.13 Å². The molecule has 2 amide bonds. The van der Waals surface area contributed by atoms with Crippen molar-refractivity contribution in [3.05, 3.63) is 76.5 Å². The number of anilines is 2. The Morgan fingerprint density at radius 2 is 1.86 bits per heavy atom. The Bertz CT molecular complexity index is 974. The lowest BCUT2D eigenvalue weighted by molar-refractivity contribution is -0.113. The molecule has 5 nitrogen and oxygen atoms in total. The van der Waals surface area contributed by atoms with Crippen LogP contribution in [0.25, 0.3) is 0 Å². The van der Waals surface area contributed by atoms with Crippen LogP contribution in [0.3, 0.4) is 0 Å². The number of aromatic nitrogens is 1. The minimum Gasteiger partial charge on any atom is -0.325 e. The minimum atomic E-state index is -0.346. The van der Waals surface area contributed by atoms with Crippen LogP contribution in [-0.4, -0.2) is 22.6 Å². The third kappa shape index (κ3) is 5.64. The Balaban J connectivity index is 1.45. The highest BCUT2D eigenvalue weighted by atomic mass is 32.2. The summed E-state index contributed by atoms with van der Waals surface area (Å²) in [6.45, 7) is 1.88. The van der Waals surface area contributed by atoms with Gasteiger partial charge in [-0.05, 0) is 42.8 Å². The zero-order chi connectivity index (χ0) is 19.9. The molecule has 0 aliphatic heterocycles. The van der Waals surface area contributed by atoms with Gasteiger partial charge in [-0.25, -0.2) is 9.37 Å². The number of carbonyl (C=O) groups excluding carboxylic acids is 2. The molecular weight excluding hydrogens is 397 g/mol. The van der Waals surface area contributed by atoms with Gasteiger partial charge in [0.05, 0.1) is 11.4 Å². The molecule has 0 spiro atoms. The number of hydrogen-bond donors (Lipinski definition) is 2. The molecule has 0 radical (unpaired) electrons. The highest BCUT2D eigenvalue weighted by molar-refractivity contribution is 7.99. The fourth-order valence-electron chi connectivity index (χ4n) is 2.40. The maximum Gasteiger partial charge on any atom is 0.257 e. The number of benzene rings is 2. The molecule has 3 rings (SSSR count). The van der Waals surface area contributed by atoms with Crippen molar-refractivity contribution < 1.29 is 14.0 Å². The monoisotopic (exact) mass is 415 g/mol. The van der Waals surface area contributed by atoms with E-state index in [1.165, 1.54) is 47.4 Å². The topological polar surface area (TPSA) is 71.1 Å². The van der Waals surface area contributed by atoms with Gasteiger partial charge >= 0.3 is 0 Å². The van der Waals surface area contributed by atoms with E-state index in [0.717, 1.165) is 11.3 Å². The van der Waals surface area contributed by atoms with E-state index in [1.54, 1.807) is 6.07 Å². The lowest BCUT2D eigenvalue weighted by atomic mass is 10.1. The van der Waals surface area contributed by atoms with Gasteiger partial charge in [-0.2, -0.15) is 0 Å². The summed E-state index contributed by atoms with van der Waals surface area (Å²) in [5.74, 6) is 0.0966. The van der Waals surface area contributed by atoms with Crippen LogP contribution in [0.5, 0.6) is 0 Å². The third-order valence-electron chi connectivity index (χ3n) is 3.77. The quantitative estimate of drug-likeness (QED) is 0.586. The molecule has 0 atom stereocenters. The van der Waals surface area contributed by atoms with Gasteiger partial charge in [0.25, 0.3) is 5.91 Å². The fraction of sp³-hybridized carbons (Fsp3) is 0.150. The zero-order valence-electron chi connectivity index (χ0n) is 15.1. The number of rotatable bonds is 7. The summed E-state index contributed by atoms with van der Waals surface area (Å²) in [7, 11) is 0. The Kier molecular flexibility index (Phi) is 6.78. The summed E-state index contributed by atoms with van der Waals surface area (Å²) in [6, 6.07) is 13.0. The standard InChI is InChI=1S/C20H18FN3O2S2/c1-13-4-2-3-5-17(13)19(26)24-20-23-16(11-28-20)10-27-12-18(25)22-15-8-6-14(21)7-9-15/h2-9,11H,10,12H2,1H3,(H,22,25)(H,23,24,26). The molecule has 1 aromatic heterocycles. The first kappa shape index (κ1) is 20.0. The van der Waals surface area contributed by atoms with Gasteiger partial charge in [-0.15, -0.1) is 23.1 Å². The van der Waals surface area contributed by atoms with Crippen LogP contribution >= 0.6 is 23.1 Å². The largest absolute Gasteiger partial charge is 0.325 e. The Hall–Kier alpha value is -2.71. The number of thioether (sulfide) groups is 1. The van der Waals surface area contributed by atoms with Crippen LogP contribution in [-0.2, 0) is 10.5 Å². The second kappa shape index (κ2) is 9.48. The summed E-state index contributed by atoms with van der Waals surface area (Å²) in [6.07, 6.45) is 0. The Morgan fingerprint density at radius 1 is 1.11 bits per heavy atom. The number of hydrogen-bond acceptors (Lipinski definition) is 5. The predicted octanol–water partition coefficient (Wildman–Crippen LogP) is 4.71. The first-order chi connectivity index (χ1) is 13.5. The van der Waals surface area contributed by atoms with Crippen LogP contribution in [0.1, 0.15) is 21.6 Å². The van der Waals surface area contributed by atoms with Gasteiger partial charge in [-0.1, -0.05) is 18.2 Å². The number of amides is 2. The summed E-state index contributed by atoms with van der Waals surface area (Å²) < 4.78 is 12.9. The maximum absolute atomic E-state index is 12.9. The first-order valence-corrected chi connectivity index (χ1v) is 10.5. The normalized spacial score (nSPS) is 10.5. The van der Waals surface area contributed by atoms with Crippen molar-refractivity contribution in [3.8, 4) is 0 Å². The lowest BCUT2D eigenvalue weighted by Crippen LogP contribution is -2.14. The molecule has 0 fully saturated rings. The van der Waals surface area contributed by atoms with Gasteiger partial charge in [0.2, 0.25) is 5.91 Å². The number of nitrogens with one attached hydrogen (secondary N) is 2. The second-order valence-electron chi connectivity index (χ2n) is 5.96. The van der Waals surface area contributed by atoms with Crippen LogP contribution < -0.4 is 10.6 Å². The molecule has 144 valence electrons. The molecule has 8 heteroatoms. The second-order valence-corrected chi connectivity index (χ2v) is 7.80. The van der Waals surface area contributed by atoms with Crippen molar-refractivity contribution in [2.75, 3.05) is 16.4 Å². The van der Waals surface area contributed by atoms with Crippen LogP contribution in [0.4, 0.5) is 15.2 Å². The smallest absolute Gasteiger partial charge is 0.257 e. The Morgan fingerprint density at radius 3 is 2.61 bits per heavy atom. The van der Waals surface area contributed by atoms with E-state index in [0.29, 0.717) is 22.1 Å². The van der Waals surface area contributed by atoms with Crippen molar-refractivity contribution in [1.82, 2.24) is 4.98 Å². The maximum atomic E-state index is 12.9. The van der Waals surface area contributed by atoms with Crippen LogP contribution in [0.2, 0.25) is 0 Å². The SMILES string of the molecule is Cc1ccccc1C(=O)Nc1nc(CSCC(=O)Nc2ccc(F)cc2)cs1. The van der Waals surface area contributed by atoms with Crippen molar-refractivity contribution in [2.24, 2.45) is 0 Å². The third-order valence-corrected chi connectivity index (χ3v) is 5.55. The minimum absolute atomic E-state index is 0.167. The van der Waals surface area contributed by atoms with Crippen molar-refractivity contribution >= 4 is 45.7 Å². The Labute approximate surface area is 170 Å². The summed E-state index contributed by atoms with van der Waals surface area (Å²) >= 11 is 2.76. The molecule has 0 aliphatic carbocycles. The van der Waals surface area contributed by atoms with E-state index in [1.807, 2.05) is 30.5 Å². The average Bonchev–Trinajstić information content (AvgIpc) is 3.11. The fourth-order valence-corrected chi connectivity index (χ4v) is 3.93. The van der Waals surface area contributed by atoms with E-state index in [2.05, 4.69) is 15.6 Å². The van der Waals surface area contributed by atoms with E-state index in [4.69, 9.17) is 0 Å². The van der Waals surface area contributed by atoms with E-state index < -0.39 is 0 Å². The van der Waals surface area contributed by atoms with Gasteiger partial charge < -0.3 is 5.32 Å². The molecule has 2 aromatic carbocycles. The molecule has 1 heterocycles. The number of halogens is 1. The summed E-state index contributed by atoms with van der Waals surface area (Å²) in [5.41, 5.74) is 2.87. The molecule has 0 unspecified atom stereocenters. The molecule has 28 heavy (non-hydrogen) atoms.